The molecule has 0 aromatic rings. The standard InChI is InChI=1S/C9H18N2O2/c1-3-10(4-2)9(12)11-7-5-6-8-13-11/h3-8H2,1-2H3. The summed E-state index contributed by atoms with van der Waals surface area (Å²) < 4.78 is 0. The Morgan fingerprint density at radius 1 is 1.38 bits per heavy atom. The maximum Gasteiger partial charge on any atom is 0.343 e. The molecule has 0 aromatic heterocycles. The Morgan fingerprint density at radius 2 is 2.08 bits per heavy atom. The number of hydrogen-bond donors (Lipinski definition) is 0. The van der Waals surface area contributed by atoms with Crippen LogP contribution in [-0.2, 0) is 4.84 Å². The van der Waals surface area contributed by atoms with Gasteiger partial charge in [0.05, 0.1) is 13.2 Å². The summed E-state index contributed by atoms with van der Waals surface area (Å²) in [5, 5.41) is 1.48. The van der Waals surface area contributed by atoms with Crippen LogP contribution in [0.15, 0.2) is 0 Å². The summed E-state index contributed by atoms with van der Waals surface area (Å²) in [6.45, 7) is 6.85. The van der Waals surface area contributed by atoms with Crippen molar-refractivity contribution in [3.05, 3.63) is 0 Å². The molecular weight excluding hydrogens is 168 g/mol. The molecule has 0 aliphatic carbocycles. The van der Waals surface area contributed by atoms with Crippen LogP contribution in [0, 0.1) is 0 Å². The molecule has 1 aliphatic rings. The molecule has 0 radical (unpaired) electrons. The van der Waals surface area contributed by atoms with Crippen molar-refractivity contribution in [3.8, 4) is 0 Å². The second kappa shape index (κ2) is 5.07. The monoisotopic (exact) mass is 186 g/mol. The molecule has 0 spiro atoms. The summed E-state index contributed by atoms with van der Waals surface area (Å²) in [5.74, 6) is 0. The van der Waals surface area contributed by atoms with E-state index in [9.17, 15) is 4.79 Å². The van der Waals surface area contributed by atoms with Gasteiger partial charge in [0.15, 0.2) is 0 Å². The van der Waals surface area contributed by atoms with Crippen LogP contribution < -0.4 is 0 Å². The summed E-state index contributed by atoms with van der Waals surface area (Å²) in [5.41, 5.74) is 0. The van der Waals surface area contributed by atoms with Gasteiger partial charge in [-0.15, -0.1) is 0 Å². The summed E-state index contributed by atoms with van der Waals surface area (Å²) in [6, 6.07) is 0.00435. The van der Waals surface area contributed by atoms with E-state index in [1.54, 1.807) is 4.90 Å². The molecule has 1 aliphatic heterocycles. The molecule has 76 valence electrons. The van der Waals surface area contributed by atoms with E-state index in [1.165, 1.54) is 5.06 Å². The van der Waals surface area contributed by atoms with Crippen LogP contribution in [0.4, 0.5) is 4.79 Å². The predicted octanol–water partition coefficient (Wildman–Crippen LogP) is 1.48. The third-order valence-electron chi connectivity index (χ3n) is 2.25. The Morgan fingerprint density at radius 3 is 2.54 bits per heavy atom. The topological polar surface area (TPSA) is 32.8 Å². The lowest BCUT2D eigenvalue weighted by Crippen LogP contribution is -2.45. The van der Waals surface area contributed by atoms with Crippen LogP contribution in [0.3, 0.4) is 0 Å². The molecule has 4 heteroatoms. The van der Waals surface area contributed by atoms with E-state index in [1.807, 2.05) is 13.8 Å². The Balaban J connectivity index is 2.44. The van der Waals surface area contributed by atoms with Crippen LogP contribution in [0.2, 0.25) is 0 Å². The third kappa shape index (κ3) is 2.59. The Labute approximate surface area is 79.4 Å². The smallest absolute Gasteiger partial charge is 0.323 e. The molecule has 1 fully saturated rings. The highest BCUT2D eigenvalue weighted by Crippen LogP contribution is 2.08. The number of urea groups is 1. The molecule has 1 rings (SSSR count). The molecule has 1 heterocycles. The van der Waals surface area contributed by atoms with E-state index in [0.29, 0.717) is 6.61 Å². The average molecular weight is 186 g/mol. The lowest BCUT2D eigenvalue weighted by molar-refractivity contribution is -0.146. The molecule has 0 aromatic carbocycles. The van der Waals surface area contributed by atoms with E-state index in [2.05, 4.69) is 0 Å². The molecular formula is C9H18N2O2. The van der Waals surface area contributed by atoms with Gasteiger partial charge in [-0.1, -0.05) is 0 Å². The number of carbonyl (C=O) groups excluding carboxylic acids is 1. The van der Waals surface area contributed by atoms with Gasteiger partial charge in [-0.2, -0.15) is 0 Å². The van der Waals surface area contributed by atoms with Crippen LogP contribution in [0.5, 0.6) is 0 Å². The van der Waals surface area contributed by atoms with Gasteiger partial charge in [-0.05, 0) is 26.7 Å². The predicted molar refractivity (Wildman–Crippen MR) is 50.2 cm³/mol. The van der Waals surface area contributed by atoms with Crippen molar-refractivity contribution in [3.63, 3.8) is 0 Å². The van der Waals surface area contributed by atoms with Gasteiger partial charge in [0, 0.05) is 13.1 Å². The van der Waals surface area contributed by atoms with E-state index in [0.717, 1.165) is 32.5 Å². The summed E-state index contributed by atoms with van der Waals surface area (Å²) in [6.07, 6.45) is 2.11. The van der Waals surface area contributed by atoms with Crippen molar-refractivity contribution < 1.29 is 9.63 Å². The van der Waals surface area contributed by atoms with Gasteiger partial charge >= 0.3 is 6.03 Å². The fourth-order valence-electron chi connectivity index (χ4n) is 1.40. The second-order valence-corrected chi connectivity index (χ2v) is 3.10. The highest BCUT2D eigenvalue weighted by molar-refractivity contribution is 5.73. The zero-order chi connectivity index (χ0) is 9.68. The number of hydrogen-bond acceptors (Lipinski definition) is 2. The average Bonchev–Trinajstić information content (AvgIpc) is 2.21. The van der Waals surface area contributed by atoms with Crippen molar-refractivity contribution in [2.24, 2.45) is 0 Å². The zero-order valence-electron chi connectivity index (χ0n) is 8.45. The maximum atomic E-state index is 11.7. The summed E-state index contributed by atoms with van der Waals surface area (Å²) in [4.78, 5) is 18.7. The van der Waals surface area contributed by atoms with Gasteiger partial charge in [0.2, 0.25) is 0 Å². The van der Waals surface area contributed by atoms with Crippen molar-refractivity contribution in [2.75, 3.05) is 26.2 Å². The molecule has 13 heavy (non-hydrogen) atoms. The van der Waals surface area contributed by atoms with E-state index in [-0.39, 0.29) is 6.03 Å². The summed E-state index contributed by atoms with van der Waals surface area (Å²) >= 11 is 0. The second-order valence-electron chi connectivity index (χ2n) is 3.10. The minimum Gasteiger partial charge on any atom is -0.323 e. The Kier molecular flexibility index (Phi) is 4.02. The maximum absolute atomic E-state index is 11.7. The summed E-state index contributed by atoms with van der Waals surface area (Å²) in [7, 11) is 0. The largest absolute Gasteiger partial charge is 0.343 e. The van der Waals surface area contributed by atoms with Crippen LogP contribution in [0.1, 0.15) is 26.7 Å². The fourth-order valence-corrected chi connectivity index (χ4v) is 1.40. The Hall–Kier alpha value is -0.770. The third-order valence-corrected chi connectivity index (χ3v) is 2.25. The lowest BCUT2D eigenvalue weighted by Gasteiger charge is -2.30. The highest BCUT2D eigenvalue weighted by atomic mass is 16.7. The van der Waals surface area contributed by atoms with Gasteiger partial charge in [-0.25, -0.2) is 9.86 Å². The first-order valence-electron chi connectivity index (χ1n) is 4.99. The van der Waals surface area contributed by atoms with Gasteiger partial charge in [-0.3, -0.25) is 4.84 Å². The first-order chi connectivity index (χ1) is 6.29. The number of nitrogens with zero attached hydrogens (tertiary/aromatic N) is 2. The highest BCUT2D eigenvalue weighted by Gasteiger charge is 2.21. The van der Waals surface area contributed by atoms with Crippen molar-refractivity contribution in [2.45, 2.75) is 26.7 Å². The van der Waals surface area contributed by atoms with Crippen molar-refractivity contribution in [1.29, 1.82) is 0 Å². The number of hydroxylamine groups is 2. The lowest BCUT2D eigenvalue weighted by atomic mass is 10.3. The van der Waals surface area contributed by atoms with Crippen LogP contribution in [-0.4, -0.2) is 42.2 Å². The first kappa shape index (κ1) is 10.3. The van der Waals surface area contributed by atoms with E-state index >= 15 is 0 Å². The van der Waals surface area contributed by atoms with Gasteiger partial charge in [0.25, 0.3) is 0 Å². The van der Waals surface area contributed by atoms with E-state index < -0.39 is 0 Å². The molecule has 0 bridgehead atoms. The number of rotatable bonds is 2. The van der Waals surface area contributed by atoms with Crippen LogP contribution in [0.25, 0.3) is 0 Å². The number of carbonyl (C=O) groups is 1. The minimum atomic E-state index is 0.00435. The van der Waals surface area contributed by atoms with Crippen molar-refractivity contribution in [1.82, 2.24) is 9.96 Å². The molecule has 0 unspecified atom stereocenters. The molecule has 1 saturated heterocycles. The Bertz CT molecular complexity index is 163. The number of amides is 2. The minimum absolute atomic E-state index is 0.00435. The van der Waals surface area contributed by atoms with Crippen LogP contribution >= 0.6 is 0 Å². The SMILES string of the molecule is CCN(CC)C(=O)N1CCCCO1. The normalized spacial score (nSPS) is 17.2. The van der Waals surface area contributed by atoms with E-state index in [4.69, 9.17) is 4.84 Å². The first-order valence-corrected chi connectivity index (χ1v) is 4.99. The molecule has 4 nitrogen and oxygen atoms in total. The van der Waals surface area contributed by atoms with Gasteiger partial charge < -0.3 is 4.90 Å². The van der Waals surface area contributed by atoms with Gasteiger partial charge in [0.1, 0.15) is 0 Å². The van der Waals surface area contributed by atoms with Crippen molar-refractivity contribution >= 4 is 6.03 Å². The fraction of sp³-hybridized carbons (Fsp3) is 0.889. The molecule has 2 amide bonds. The molecule has 0 atom stereocenters. The molecule has 0 N–H and O–H groups in total. The zero-order valence-corrected chi connectivity index (χ0v) is 8.45. The quantitative estimate of drug-likeness (QED) is 0.654. The molecule has 0 saturated carbocycles.